The maximum Gasteiger partial charge on any atom is 0.410 e. The molecule has 4 rings (SSSR count). The van der Waals surface area contributed by atoms with Crippen LogP contribution in [0.3, 0.4) is 0 Å². The van der Waals surface area contributed by atoms with Gasteiger partial charge in [0.2, 0.25) is 29.9 Å². The van der Waals surface area contributed by atoms with E-state index < -0.39 is 121 Å². The Labute approximate surface area is 440 Å². The van der Waals surface area contributed by atoms with Crippen molar-refractivity contribution in [2.24, 2.45) is 23.7 Å². The first-order valence-electron chi connectivity index (χ1n) is 25.6. The number of amides is 5. The van der Waals surface area contributed by atoms with Crippen LogP contribution in [0.5, 0.6) is 5.75 Å². The Kier molecular flexibility index (Phi) is 23.1. The van der Waals surface area contributed by atoms with Gasteiger partial charge in [-0.25, -0.2) is 9.59 Å². The van der Waals surface area contributed by atoms with E-state index in [9.17, 15) is 54.3 Å². The number of carbonyl (C=O) groups excluding carboxylic acids is 5. The summed E-state index contributed by atoms with van der Waals surface area (Å²) in [7, 11) is 6.02. The topological polar surface area (TPSA) is 310 Å². The third-order valence-electron chi connectivity index (χ3n) is 14.6. The standard InChI is InChI=1S/C53H82N6O16/c1-13-29(6)41(37(71-11)25-38(60)59-23-17-20-35(59)46(72-12)30(7)48(65)55-31(8)42(61)33-18-15-14-16-19-33)57(9)50(67)39(27(2)3)56-49(66)40(28(4)5)58(10)53(70)73-26-32-21-22-36(34(54)24-32)74-52-45(64)43(62)44(63)47(75-52)51(68)69/h14-16,18-19,21-22,24,27-31,35,37,39-47,52,61-64H,13,17,20,23,25-26,54H2,1-12H3,(H,55,65)(H,56,66)(H,68,69)/t29-,30+,31+,35-,37?,39-,40-,41-,42+,43+,44+,45-,46+,47?,52-/m0/s1. The van der Waals surface area contributed by atoms with Crippen molar-refractivity contribution >= 4 is 41.4 Å². The molecule has 2 heterocycles. The van der Waals surface area contributed by atoms with Crippen LogP contribution in [-0.4, -0.2) is 184 Å². The highest BCUT2D eigenvalue weighted by atomic mass is 16.7. The molecule has 2 fully saturated rings. The molecule has 22 heteroatoms. The number of rotatable bonds is 25. The fourth-order valence-electron chi connectivity index (χ4n) is 10.0. The van der Waals surface area contributed by atoms with Gasteiger partial charge in [0.25, 0.3) is 0 Å². The summed E-state index contributed by atoms with van der Waals surface area (Å²) >= 11 is 0. The smallest absolute Gasteiger partial charge is 0.410 e. The zero-order valence-electron chi connectivity index (χ0n) is 45.3. The molecule has 9 N–H and O–H groups in total. The number of hydrogen-bond donors (Lipinski definition) is 8. The van der Waals surface area contributed by atoms with Crippen LogP contribution < -0.4 is 21.1 Å². The van der Waals surface area contributed by atoms with E-state index >= 15 is 0 Å². The monoisotopic (exact) mass is 1060 g/mol. The number of nitrogens with zero attached hydrogens (tertiary/aromatic N) is 3. The molecule has 420 valence electrons. The van der Waals surface area contributed by atoms with Crippen LogP contribution in [0.25, 0.3) is 0 Å². The van der Waals surface area contributed by atoms with Crippen molar-refractivity contribution in [3.63, 3.8) is 0 Å². The Morgan fingerprint density at radius 1 is 0.853 bits per heavy atom. The predicted molar refractivity (Wildman–Crippen MR) is 274 cm³/mol. The average Bonchev–Trinajstić information content (AvgIpc) is 3.86. The number of nitrogens with two attached hydrogens (primary N) is 1. The lowest BCUT2D eigenvalue weighted by molar-refractivity contribution is -0.271. The van der Waals surface area contributed by atoms with Crippen molar-refractivity contribution in [3.05, 3.63) is 59.7 Å². The van der Waals surface area contributed by atoms with Crippen LogP contribution in [-0.2, 0) is 49.5 Å². The van der Waals surface area contributed by atoms with Crippen molar-refractivity contribution in [3.8, 4) is 5.75 Å². The second-order valence-electron chi connectivity index (χ2n) is 20.6. The summed E-state index contributed by atoms with van der Waals surface area (Å²) in [6.07, 6.45) is -10.6. The van der Waals surface area contributed by atoms with Gasteiger partial charge in [-0.15, -0.1) is 0 Å². The lowest BCUT2D eigenvalue weighted by atomic mass is 9.89. The quantitative estimate of drug-likeness (QED) is 0.0662. The molecular weight excluding hydrogens is 977 g/mol. The number of anilines is 1. The zero-order valence-corrected chi connectivity index (χ0v) is 45.3. The molecule has 0 spiro atoms. The van der Waals surface area contributed by atoms with Gasteiger partial charge in [0.15, 0.2) is 6.10 Å². The summed E-state index contributed by atoms with van der Waals surface area (Å²) < 4.78 is 28.3. The van der Waals surface area contributed by atoms with Gasteiger partial charge in [0.1, 0.15) is 42.8 Å². The molecule has 0 aliphatic carbocycles. The largest absolute Gasteiger partial charge is 0.479 e. The number of ether oxygens (including phenoxy) is 5. The number of aliphatic hydroxyl groups excluding tert-OH is 4. The van der Waals surface area contributed by atoms with Gasteiger partial charge in [-0.05, 0) is 60.8 Å². The van der Waals surface area contributed by atoms with Crippen molar-refractivity contribution in [1.29, 1.82) is 0 Å². The van der Waals surface area contributed by atoms with Crippen molar-refractivity contribution in [2.45, 2.75) is 167 Å². The van der Waals surface area contributed by atoms with E-state index in [1.165, 1.54) is 44.4 Å². The highest BCUT2D eigenvalue weighted by molar-refractivity contribution is 5.92. The van der Waals surface area contributed by atoms with E-state index in [4.69, 9.17) is 29.4 Å². The van der Waals surface area contributed by atoms with Gasteiger partial charge >= 0.3 is 12.1 Å². The van der Waals surface area contributed by atoms with Crippen LogP contribution >= 0.6 is 0 Å². The van der Waals surface area contributed by atoms with E-state index in [1.54, 1.807) is 65.6 Å². The van der Waals surface area contributed by atoms with Gasteiger partial charge in [-0.1, -0.05) is 91.3 Å². The van der Waals surface area contributed by atoms with E-state index in [0.29, 0.717) is 36.9 Å². The Balaban J connectivity index is 1.42. The number of aliphatic hydroxyl groups is 4. The van der Waals surface area contributed by atoms with Crippen molar-refractivity contribution in [2.75, 3.05) is 40.6 Å². The second kappa shape index (κ2) is 28.0. The maximum absolute atomic E-state index is 14.7. The van der Waals surface area contributed by atoms with E-state index in [1.807, 2.05) is 32.0 Å². The molecule has 2 aromatic rings. The fraction of sp³-hybridized carbons (Fsp3) is 0.660. The number of carboxylic acid groups (broad SMARTS) is 1. The number of nitrogen functional groups attached to an aromatic ring is 1. The number of likely N-dealkylation sites (tertiary alicyclic amines) is 1. The Hall–Kier alpha value is -5.62. The molecule has 75 heavy (non-hydrogen) atoms. The summed E-state index contributed by atoms with van der Waals surface area (Å²) in [6, 6.07) is 9.45. The number of likely N-dealkylation sites (N-methyl/N-ethyl adjacent to an activating group) is 2. The van der Waals surface area contributed by atoms with Gasteiger partial charge in [0.05, 0.1) is 54.5 Å². The lowest BCUT2D eigenvalue weighted by Crippen LogP contribution is -2.61. The third-order valence-corrected chi connectivity index (χ3v) is 14.6. The van der Waals surface area contributed by atoms with Crippen molar-refractivity contribution < 1.29 is 78.0 Å². The lowest BCUT2D eigenvalue weighted by Gasteiger charge is -2.41. The van der Waals surface area contributed by atoms with Gasteiger partial charge in [0, 0.05) is 34.9 Å². The van der Waals surface area contributed by atoms with E-state index in [-0.39, 0.29) is 42.2 Å². The Morgan fingerprint density at radius 3 is 2.07 bits per heavy atom. The normalized spacial score (nSPS) is 23.4. The number of methoxy groups -OCH3 is 2. The van der Waals surface area contributed by atoms with Crippen LogP contribution in [0, 0.1) is 23.7 Å². The second-order valence-corrected chi connectivity index (χ2v) is 20.6. The Bertz CT molecular complexity index is 2220. The molecule has 15 atom stereocenters. The minimum atomic E-state index is -1.91. The summed E-state index contributed by atoms with van der Waals surface area (Å²) in [5, 5.41) is 56.6. The number of nitrogens with one attached hydrogen (secondary N) is 2. The van der Waals surface area contributed by atoms with Gasteiger partial charge in [-0.2, -0.15) is 0 Å². The average molecular weight is 1060 g/mol. The summed E-state index contributed by atoms with van der Waals surface area (Å²) in [5.41, 5.74) is 7.19. The van der Waals surface area contributed by atoms with Gasteiger partial charge in [-0.3, -0.25) is 24.1 Å². The third kappa shape index (κ3) is 15.3. The molecule has 2 aliphatic rings. The molecule has 2 aliphatic heterocycles. The van der Waals surface area contributed by atoms with Crippen molar-refractivity contribution in [1.82, 2.24) is 25.3 Å². The maximum atomic E-state index is 14.7. The summed E-state index contributed by atoms with van der Waals surface area (Å²) in [5.74, 6) is -4.97. The first-order valence-corrected chi connectivity index (χ1v) is 25.6. The predicted octanol–water partition coefficient (Wildman–Crippen LogP) is 2.43. The molecule has 22 nitrogen and oxygen atoms in total. The molecule has 0 aromatic heterocycles. The highest BCUT2D eigenvalue weighted by Crippen LogP contribution is 2.32. The van der Waals surface area contributed by atoms with Crippen LogP contribution in [0.2, 0.25) is 0 Å². The molecule has 5 amide bonds. The first kappa shape index (κ1) is 61.9. The molecule has 0 radical (unpaired) electrons. The number of aliphatic carboxylic acids is 1. The summed E-state index contributed by atoms with van der Waals surface area (Å²) in [6.45, 7) is 14.6. The fourth-order valence-corrected chi connectivity index (χ4v) is 10.0. The summed E-state index contributed by atoms with van der Waals surface area (Å²) in [4.78, 5) is 86.3. The Morgan fingerprint density at radius 2 is 1.51 bits per heavy atom. The minimum Gasteiger partial charge on any atom is -0.479 e. The number of hydrogen-bond acceptors (Lipinski definition) is 16. The SMILES string of the molecule is CC[C@H](C)[C@@H](C(CC(=O)N1CCC[C@H]1[C@H](OC)[C@@H](C)C(=O)N[C@H](C)[C@@H](O)c1ccccc1)OC)N(C)C(=O)[C@@H](NC(=O)[C@H](C(C)C)N(C)C(=O)OCc1ccc(O[C@H]2OC(C(=O)O)[C@H](O)[C@@H](O)[C@@H]2O)c(N)c1)C(C)C. The minimum absolute atomic E-state index is 0.0235. The van der Waals surface area contributed by atoms with E-state index in [2.05, 4.69) is 10.6 Å². The number of carboxylic acids is 1. The molecular formula is C53H82N6O16. The highest BCUT2D eigenvalue weighted by Gasteiger charge is 2.49. The number of benzene rings is 2. The molecule has 2 aromatic carbocycles. The molecule has 0 bridgehead atoms. The zero-order chi connectivity index (χ0) is 56.2. The van der Waals surface area contributed by atoms with Crippen LogP contribution in [0.15, 0.2) is 48.5 Å². The number of carbonyl (C=O) groups is 6. The van der Waals surface area contributed by atoms with E-state index in [0.717, 1.165) is 4.90 Å². The molecule has 0 saturated carbocycles. The van der Waals surface area contributed by atoms with Crippen LogP contribution in [0.1, 0.15) is 98.3 Å². The van der Waals surface area contributed by atoms with Gasteiger partial charge < -0.3 is 75.4 Å². The molecule has 2 unspecified atom stereocenters. The molecule has 2 saturated heterocycles. The van der Waals surface area contributed by atoms with Crippen LogP contribution in [0.4, 0.5) is 10.5 Å². The first-order chi connectivity index (χ1) is 35.3.